The number of carbonyl (C=O) groups is 4. The fourth-order valence-corrected chi connectivity index (χ4v) is 7.01. The minimum atomic E-state index is -5.08. The topological polar surface area (TPSA) is 203 Å². The number of carboxylic acids is 2. The molecule has 6 atom stereocenters. The number of piperidine rings is 1. The summed E-state index contributed by atoms with van der Waals surface area (Å²) in [6.07, 6.45) is -5.50. The summed E-state index contributed by atoms with van der Waals surface area (Å²) in [5.74, 6) is -5.81. The number of phenolic OH excluding ortho intramolecular Hbond substituents is 1. The van der Waals surface area contributed by atoms with Crippen molar-refractivity contribution in [2.45, 2.75) is 67.2 Å². The zero-order valence-corrected chi connectivity index (χ0v) is 24.7. The number of aliphatic hydroxyl groups is 2. The van der Waals surface area contributed by atoms with Crippen LogP contribution in [0.25, 0.3) is 0 Å². The SMILES string of the molecule is CN1CC[C@]23c4c5ccc(O)c4O[C@H]2C(OC(=O)CC(NC(=O)C(O)c2ccccc2)C(=O)O)=CC[C@@]3(O)[C@H]1C5.O=C(O)C(F)(F)F. The Morgan fingerprint density at radius 2 is 1.79 bits per heavy atom. The van der Waals surface area contributed by atoms with E-state index in [-0.39, 0.29) is 35.3 Å². The summed E-state index contributed by atoms with van der Waals surface area (Å²) in [5, 5.41) is 52.1. The predicted octanol–water partition coefficient (Wildman–Crippen LogP) is 1.54. The van der Waals surface area contributed by atoms with E-state index in [1.54, 1.807) is 30.3 Å². The van der Waals surface area contributed by atoms with Crippen molar-refractivity contribution in [3.05, 3.63) is 71.0 Å². The van der Waals surface area contributed by atoms with E-state index in [1.165, 1.54) is 12.1 Å². The fourth-order valence-electron chi connectivity index (χ4n) is 7.01. The molecule has 252 valence electrons. The lowest BCUT2D eigenvalue weighted by Crippen LogP contribution is -2.74. The van der Waals surface area contributed by atoms with Gasteiger partial charge in [-0.05, 0) is 49.7 Å². The summed E-state index contributed by atoms with van der Waals surface area (Å²) in [6.45, 7) is 0.652. The van der Waals surface area contributed by atoms with Crippen molar-refractivity contribution >= 4 is 23.8 Å². The summed E-state index contributed by atoms with van der Waals surface area (Å²) in [4.78, 5) is 48.4. The van der Waals surface area contributed by atoms with Crippen LogP contribution in [0.4, 0.5) is 13.2 Å². The number of ether oxygens (including phenoxy) is 2. The van der Waals surface area contributed by atoms with Gasteiger partial charge in [-0.15, -0.1) is 0 Å². The molecule has 4 aliphatic rings. The van der Waals surface area contributed by atoms with Crippen molar-refractivity contribution in [2.24, 2.45) is 0 Å². The molecule has 6 N–H and O–H groups in total. The Bertz CT molecular complexity index is 1630. The quantitative estimate of drug-likeness (QED) is 0.234. The number of alkyl halides is 3. The molecule has 1 spiro atoms. The van der Waals surface area contributed by atoms with Crippen LogP contribution in [0.2, 0.25) is 0 Å². The van der Waals surface area contributed by atoms with Crippen molar-refractivity contribution in [1.82, 2.24) is 10.2 Å². The molecular weight excluding hydrogens is 633 g/mol. The number of carbonyl (C=O) groups excluding carboxylic acids is 2. The molecule has 2 unspecified atom stereocenters. The molecule has 2 aliphatic carbocycles. The van der Waals surface area contributed by atoms with Gasteiger partial charge in [0.2, 0.25) is 0 Å². The van der Waals surface area contributed by atoms with Crippen molar-refractivity contribution in [3.8, 4) is 11.5 Å². The fraction of sp³-hybridized carbons (Fsp3) is 0.419. The van der Waals surface area contributed by atoms with Gasteiger partial charge in [0.25, 0.3) is 5.91 Å². The Labute approximate surface area is 264 Å². The second-order valence-corrected chi connectivity index (χ2v) is 11.8. The number of phenols is 1. The lowest BCUT2D eigenvalue weighted by molar-refractivity contribution is -0.192. The van der Waals surface area contributed by atoms with E-state index in [0.717, 1.165) is 11.1 Å². The second-order valence-electron chi connectivity index (χ2n) is 11.8. The number of halogens is 3. The van der Waals surface area contributed by atoms with Gasteiger partial charge in [-0.2, -0.15) is 13.2 Å². The molecule has 6 rings (SSSR count). The number of carboxylic acid groups (broad SMARTS) is 2. The Morgan fingerprint density at radius 1 is 1.13 bits per heavy atom. The number of aliphatic carboxylic acids is 2. The molecule has 2 aromatic rings. The highest BCUT2D eigenvalue weighted by molar-refractivity contribution is 5.89. The van der Waals surface area contributed by atoms with Gasteiger partial charge in [0.1, 0.15) is 11.8 Å². The van der Waals surface area contributed by atoms with E-state index in [9.17, 15) is 48.0 Å². The van der Waals surface area contributed by atoms with E-state index >= 15 is 0 Å². The average Bonchev–Trinajstić information content (AvgIpc) is 3.37. The third-order valence-corrected chi connectivity index (χ3v) is 9.18. The number of benzene rings is 2. The molecule has 2 aliphatic heterocycles. The monoisotopic (exact) mass is 664 g/mol. The predicted molar refractivity (Wildman–Crippen MR) is 152 cm³/mol. The third-order valence-electron chi connectivity index (χ3n) is 9.18. The summed E-state index contributed by atoms with van der Waals surface area (Å²) in [5.41, 5.74) is -0.240. The number of likely N-dealkylation sites (N-methyl/N-ethyl adjacent to an activating group) is 1. The highest BCUT2D eigenvalue weighted by Gasteiger charge is 2.72. The van der Waals surface area contributed by atoms with E-state index in [1.807, 2.05) is 13.1 Å². The highest BCUT2D eigenvalue weighted by atomic mass is 19.4. The minimum absolute atomic E-state index is 0.0708. The van der Waals surface area contributed by atoms with Crippen molar-refractivity contribution < 1.29 is 67.4 Å². The molecule has 1 saturated heterocycles. The van der Waals surface area contributed by atoms with Crippen LogP contribution in [-0.4, -0.2) is 97.8 Å². The number of nitrogens with zero attached hydrogens (tertiary/aromatic N) is 1. The number of aromatic hydroxyl groups is 1. The third kappa shape index (κ3) is 5.76. The van der Waals surface area contributed by atoms with Crippen LogP contribution in [0.3, 0.4) is 0 Å². The zero-order valence-electron chi connectivity index (χ0n) is 24.7. The Hall–Kier alpha value is -4.67. The standard InChI is InChI=1S/C29H30N2O9.C2HF3O2/c1-31-12-11-28-22-16-7-8-18(32)24(22)40-25(28)19(9-10-29(28,38)20(31)13-16)39-21(33)14-17(27(36)37)30-26(35)23(34)15-5-3-2-4-6-15;3-2(4,5)1(6)7/h2-9,17,20,23,25,32,34,38H,10-14H2,1H3,(H,30,35)(H,36,37);(H,6,7)/t17?,20-,23?,25+,28+,29-;/m1./s1. The van der Waals surface area contributed by atoms with Crippen LogP contribution in [0.5, 0.6) is 11.5 Å². The lowest BCUT2D eigenvalue weighted by Gasteiger charge is -2.61. The van der Waals surface area contributed by atoms with Crippen molar-refractivity contribution in [3.63, 3.8) is 0 Å². The first-order valence-electron chi connectivity index (χ1n) is 14.4. The molecule has 0 saturated carbocycles. The number of hydrogen-bond donors (Lipinski definition) is 6. The van der Waals surface area contributed by atoms with Gasteiger partial charge < -0.3 is 45.2 Å². The van der Waals surface area contributed by atoms with Gasteiger partial charge in [-0.25, -0.2) is 9.59 Å². The first-order valence-corrected chi connectivity index (χ1v) is 14.4. The van der Waals surface area contributed by atoms with Crippen molar-refractivity contribution in [2.75, 3.05) is 13.6 Å². The van der Waals surface area contributed by atoms with Crippen molar-refractivity contribution in [1.29, 1.82) is 0 Å². The Balaban J connectivity index is 0.000000559. The highest BCUT2D eigenvalue weighted by Crippen LogP contribution is 2.65. The van der Waals surface area contributed by atoms with E-state index in [2.05, 4.69) is 10.2 Å². The normalized spacial score (nSPS) is 26.6. The molecule has 16 heteroatoms. The molecule has 2 heterocycles. The van der Waals surface area contributed by atoms with Gasteiger partial charge in [0.15, 0.2) is 23.7 Å². The molecule has 1 amide bonds. The smallest absolute Gasteiger partial charge is 0.490 e. The Morgan fingerprint density at radius 3 is 2.40 bits per heavy atom. The summed E-state index contributed by atoms with van der Waals surface area (Å²) in [7, 11) is 1.96. The van der Waals surface area contributed by atoms with Gasteiger partial charge >= 0.3 is 24.1 Å². The van der Waals surface area contributed by atoms with Gasteiger partial charge in [-0.3, -0.25) is 9.59 Å². The Kier molecular flexibility index (Phi) is 8.72. The summed E-state index contributed by atoms with van der Waals surface area (Å²) < 4.78 is 43.6. The number of hydrogen-bond acceptors (Lipinski definition) is 10. The van der Waals surface area contributed by atoms with Crippen LogP contribution in [-0.2, 0) is 35.8 Å². The number of rotatable bonds is 7. The molecule has 13 nitrogen and oxygen atoms in total. The lowest BCUT2D eigenvalue weighted by atomic mass is 9.50. The first kappa shape index (κ1) is 33.7. The van der Waals surface area contributed by atoms with E-state index < -0.39 is 65.7 Å². The molecule has 0 aromatic heterocycles. The number of aliphatic hydroxyl groups excluding tert-OH is 1. The second kappa shape index (κ2) is 12.2. The van der Waals surface area contributed by atoms with Crippen LogP contribution < -0.4 is 10.1 Å². The zero-order chi connectivity index (χ0) is 34.5. The van der Waals surface area contributed by atoms with E-state index in [4.69, 9.17) is 19.4 Å². The van der Waals surface area contributed by atoms with Gasteiger partial charge in [0, 0.05) is 18.0 Å². The molecular formula is C31H31F3N2O11. The van der Waals surface area contributed by atoms with Crippen LogP contribution in [0.15, 0.2) is 54.3 Å². The summed E-state index contributed by atoms with van der Waals surface area (Å²) >= 11 is 0. The maximum absolute atomic E-state index is 13.0. The number of amides is 1. The number of likely N-dealkylation sites (tertiary alicyclic amines) is 1. The first-order chi connectivity index (χ1) is 22.0. The van der Waals surface area contributed by atoms with Crippen LogP contribution >= 0.6 is 0 Å². The largest absolute Gasteiger partial charge is 0.504 e. The maximum atomic E-state index is 13.0. The molecule has 1 fully saturated rings. The number of esters is 1. The van der Waals surface area contributed by atoms with Gasteiger partial charge in [0.05, 0.1) is 17.4 Å². The van der Waals surface area contributed by atoms with E-state index in [0.29, 0.717) is 19.4 Å². The number of nitrogens with one attached hydrogen (secondary N) is 1. The van der Waals surface area contributed by atoms with Gasteiger partial charge in [-0.1, -0.05) is 36.4 Å². The molecule has 47 heavy (non-hydrogen) atoms. The molecule has 2 bridgehead atoms. The minimum Gasteiger partial charge on any atom is -0.504 e. The average molecular weight is 665 g/mol. The van der Waals surface area contributed by atoms with Crippen LogP contribution in [0, 0.1) is 0 Å². The molecule has 2 aromatic carbocycles. The molecule has 0 radical (unpaired) electrons. The summed E-state index contributed by atoms with van der Waals surface area (Å²) in [6, 6.07) is 9.52. The van der Waals surface area contributed by atoms with Crippen LogP contribution in [0.1, 0.15) is 42.1 Å². The maximum Gasteiger partial charge on any atom is 0.490 e.